The molecule has 10 heteroatoms. The van der Waals surface area contributed by atoms with Gasteiger partial charge in [-0.25, -0.2) is 0 Å². The van der Waals surface area contributed by atoms with Gasteiger partial charge >= 0.3 is 6.18 Å². The highest BCUT2D eigenvalue weighted by Crippen LogP contribution is 2.34. The number of nitrogens with one attached hydrogen (secondary N) is 2. The molecule has 2 aromatic rings. The summed E-state index contributed by atoms with van der Waals surface area (Å²) in [6.07, 6.45) is -5.55. The molecule has 3 heterocycles. The number of ether oxygens (including phenoxy) is 1. The van der Waals surface area contributed by atoms with Crippen molar-refractivity contribution in [2.24, 2.45) is 5.92 Å². The van der Waals surface area contributed by atoms with Crippen LogP contribution in [-0.4, -0.2) is 62.0 Å². The van der Waals surface area contributed by atoms with Crippen LogP contribution in [0.3, 0.4) is 0 Å². The molecular weight excluding hydrogens is 411 g/mol. The largest absolute Gasteiger partial charge is 0.416 e. The van der Waals surface area contributed by atoms with Crippen LogP contribution < -0.4 is 15.5 Å². The van der Waals surface area contributed by atoms with Crippen molar-refractivity contribution in [3.05, 3.63) is 36.0 Å². The predicted molar refractivity (Wildman–Crippen MR) is 107 cm³/mol. The summed E-state index contributed by atoms with van der Waals surface area (Å²) in [5.41, 5.74) is 1.23. The fourth-order valence-corrected chi connectivity index (χ4v) is 4.05. The molecule has 0 radical (unpaired) electrons. The van der Waals surface area contributed by atoms with Gasteiger partial charge < -0.3 is 20.3 Å². The van der Waals surface area contributed by atoms with Crippen molar-refractivity contribution in [1.82, 2.24) is 15.6 Å². The molecule has 164 valence electrons. The zero-order valence-electron chi connectivity index (χ0n) is 16.7. The highest BCUT2D eigenvalue weighted by Gasteiger charge is 2.47. The van der Waals surface area contributed by atoms with E-state index in [0.717, 1.165) is 19.5 Å². The van der Waals surface area contributed by atoms with Crippen molar-refractivity contribution < 1.29 is 22.7 Å². The Morgan fingerprint density at radius 3 is 2.90 bits per heavy atom. The molecule has 4 rings (SSSR count). The number of rotatable bonds is 4. The first-order valence-corrected chi connectivity index (χ1v) is 10.1. The summed E-state index contributed by atoms with van der Waals surface area (Å²) in [5, 5.41) is 15.8. The first kappa shape index (κ1) is 21.3. The molecule has 0 spiro atoms. The Morgan fingerprint density at radius 2 is 2.19 bits per heavy atom. The number of anilines is 1. The van der Waals surface area contributed by atoms with Crippen LogP contribution in [0, 0.1) is 17.2 Å². The quantitative estimate of drug-likeness (QED) is 0.766. The van der Waals surface area contributed by atoms with E-state index >= 15 is 0 Å². The van der Waals surface area contributed by atoms with E-state index < -0.39 is 30.8 Å². The van der Waals surface area contributed by atoms with E-state index in [2.05, 4.69) is 15.6 Å². The Balaban J connectivity index is 1.60. The average Bonchev–Trinajstić information content (AvgIpc) is 3.29. The van der Waals surface area contributed by atoms with Gasteiger partial charge in [0.2, 0.25) is 0 Å². The lowest BCUT2D eigenvalue weighted by Gasteiger charge is -2.39. The Labute approximate surface area is 177 Å². The molecule has 7 nitrogen and oxygen atoms in total. The zero-order valence-corrected chi connectivity index (χ0v) is 16.7. The van der Waals surface area contributed by atoms with Gasteiger partial charge in [-0.1, -0.05) is 0 Å². The maximum atomic E-state index is 13.6. The number of pyridine rings is 1. The number of hydrogen-bond acceptors (Lipinski definition) is 6. The van der Waals surface area contributed by atoms with Gasteiger partial charge in [0, 0.05) is 23.8 Å². The number of halogens is 3. The molecule has 1 amide bonds. The second kappa shape index (κ2) is 8.69. The molecule has 0 saturated carbocycles. The molecule has 0 aliphatic carbocycles. The number of alkyl halides is 3. The van der Waals surface area contributed by atoms with E-state index in [9.17, 15) is 23.2 Å². The van der Waals surface area contributed by atoms with Crippen LogP contribution in [0.25, 0.3) is 10.9 Å². The van der Waals surface area contributed by atoms with E-state index in [4.69, 9.17) is 4.74 Å². The van der Waals surface area contributed by atoms with Crippen molar-refractivity contribution in [1.29, 1.82) is 5.26 Å². The highest BCUT2D eigenvalue weighted by atomic mass is 19.4. The van der Waals surface area contributed by atoms with Gasteiger partial charge in [0.1, 0.15) is 6.07 Å². The third-order valence-electron chi connectivity index (χ3n) is 5.69. The second-order valence-electron chi connectivity index (χ2n) is 7.81. The summed E-state index contributed by atoms with van der Waals surface area (Å²) in [6, 6.07) is 8.55. The monoisotopic (exact) mass is 433 g/mol. The number of hydrogen-bond donors (Lipinski definition) is 2. The molecule has 2 aliphatic heterocycles. The van der Waals surface area contributed by atoms with Crippen LogP contribution in [0.1, 0.15) is 12.0 Å². The van der Waals surface area contributed by atoms with Gasteiger partial charge in [-0.2, -0.15) is 18.4 Å². The predicted octanol–water partition coefficient (Wildman–Crippen LogP) is 1.97. The van der Waals surface area contributed by atoms with Crippen LogP contribution in [0.5, 0.6) is 0 Å². The number of fused-ring (bicyclic) bond motifs is 1. The lowest BCUT2D eigenvalue weighted by atomic mass is 10.1. The standard InChI is InChI=1S/C21H22F3N5O2/c22-21(23,24)18-12-29(11-17(31-18)20(30)28-10-13-5-7-26-9-13)16-4-3-14(8-25)19-15(16)2-1-6-27-19/h1-4,6,13,17-18,26H,5,7,9-12H2,(H,28,30). The lowest BCUT2D eigenvalue weighted by molar-refractivity contribution is -0.234. The van der Waals surface area contributed by atoms with Crippen molar-refractivity contribution in [3.63, 3.8) is 0 Å². The van der Waals surface area contributed by atoms with E-state index in [0.29, 0.717) is 28.7 Å². The fraction of sp³-hybridized carbons (Fsp3) is 0.476. The molecule has 2 saturated heterocycles. The Hall–Kier alpha value is -2.90. The third-order valence-corrected chi connectivity index (χ3v) is 5.69. The summed E-state index contributed by atoms with van der Waals surface area (Å²) < 4.78 is 45.9. The van der Waals surface area contributed by atoms with Gasteiger partial charge in [-0.15, -0.1) is 0 Å². The van der Waals surface area contributed by atoms with Crippen molar-refractivity contribution in [2.75, 3.05) is 37.6 Å². The molecule has 0 bridgehead atoms. The summed E-state index contributed by atoms with van der Waals surface area (Å²) >= 11 is 0. The number of morpholine rings is 1. The van der Waals surface area contributed by atoms with Gasteiger partial charge in [0.15, 0.2) is 12.2 Å². The maximum absolute atomic E-state index is 13.6. The second-order valence-corrected chi connectivity index (χ2v) is 7.81. The summed E-state index contributed by atoms with van der Waals surface area (Å²) in [5.74, 6) is -0.294. The summed E-state index contributed by atoms with van der Waals surface area (Å²) in [6.45, 7) is 1.55. The minimum Gasteiger partial charge on any atom is -0.365 e. The van der Waals surface area contributed by atoms with Crippen LogP contribution in [0.2, 0.25) is 0 Å². The smallest absolute Gasteiger partial charge is 0.365 e. The van der Waals surface area contributed by atoms with Gasteiger partial charge in [-0.05, 0) is 49.7 Å². The van der Waals surface area contributed by atoms with Crippen LogP contribution in [0.4, 0.5) is 18.9 Å². The first-order valence-electron chi connectivity index (χ1n) is 10.1. The molecule has 3 unspecified atom stereocenters. The summed E-state index contributed by atoms with van der Waals surface area (Å²) in [7, 11) is 0. The van der Waals surface area contributed by atoms with E-state index in [1.807, 2.05) is 6.07 Å². The average molecular weight is 433 g/mol. The number of carbonyl (C=O) groups excluding carboxylic acids is 1. The molecule has 31 heavy (non-hydrogen) atoms. The SMILES string of the molecule is N#Cc1ccc(N2CC(C(=O)NCC3CCNC3)OC(C(F)(F)F)C2)c2cccnc12. The Bertz CT molecular complexity index is 1000. The number of amides is 1. The van der Waals surface area contributed by atoms with Gasteiger partial charge in [-0.3, -0.25) is 9.78 Å². The van der Waals surface area contributed by atoms with Crippen molar-refractivity contribution in [2.45, 2.75) is 24.8 Å². The topological polar surface area (TPSA) is 90.3 Å². The Morgan fingerprint density at radius 1 is 1.35 bits per heavy atom. The maximum Gasteiger partial charge on any atom is 0.416 e. The summed E-state index contributed by atoms with van der Waals surface area (Å²) in [4.78, 5) is 18.4. The first-order chi connectivity index (χ1) is 14.9. The van der Waals surface area contributed by atoms with Crippen LogP contribution in [-0.2, 0) is 9.53 Å². The number of carbonyl (C=O) groups is 1. The number of nitriles is 1. The zero-order chi connectivity index (χ0) is 22.0. The van der Waals surface area contributed by atoms with E-state index in [1.54, 1.807) is 18.2 Å². The van der Waals surface area contributed by atoms with Crippen molar-refractivity contribution >= 4 is 22.5 Å². The molecular formula is C21H22F3N5O2. The Kier molecular flexibility index (Phi) is 5.98. The van der Waals surface area contributed by atoms with Crippen LogP contribution in [0.15, 0.2) is 30.5 Å². The molecule has 2 fully saturated rings. The minimum atomic E-state index is -4.62. The van der Waals surface area contributed by atoms with E-state index in [1.165, 1.54) is 17.2 Å². The normalized spacial score (nSPS) is 24.2. The third kappa shape index (κ3) is 4.57. The number of benzene rings is 1. The van der Waals surface area contributed by atoms with Gasteiger partial charge in [0.05, 0.1) is 24.2 Å². The van der Waals surface area contributed by atoms with Gasteiger partial charge in [0.25, 0.3) is 5.91 Å². The van der Waals surface area contributed by atoms with E-state index in [-0.39, 0.29) is 12.5 Å². The minimum absolute atomic E-state index is 0.0305. The van der Waals surface area contributed by atoms with Crippen molar-refractivity contribution in [3.8, 4) is 6.07 Å². The molecule has 2 aliphatic rings. The lowest BCUT2D eigenvalue weighted by Crippen LogP contribution is -2.57. The number of aromatic nitrogens is 1. The fourth-order valence-electron chi connectivity index (χ4n) is 4.05. The highest BCUT2D eigenvalue weighted by molar-refractivity contribution is 5.95. The molecule has 3 atom stereocenters. The van der Waals surface area contributed by atoms with Crippen LogP contribution >= 0.6 is 0 Å². The molecule has 1 aromatic carbocycles. The molecule has 1 aromatic heterocycles. The molecule has 2 N–H and O–H groups in total. The number of nitrogens with zero attached hydrogens (tertiary/aromatic N) is 3.